The van der Waals surface area contributed by atoms with Crippen molar-refractivity contribution >= 4 is 37.7 Å². The van der Waals surface area contributed by atoms with Gasteiger partial charge in [-0.15, -0.1) is 0 Å². The monoisotopic (exact) mass is 494 g/mol. The van der Waals surface area contributed by atoms with Crippen LogP contribution in [0.2, 0.25) is 5.02 Å². The Morgan fingerprint density at radius 2 is 1.45 bits per heavy atom. The fourth-order valence-electron chi connectivity index (χ4n) is 3.07. The number of hydrogen-bond donors (Lipinski definition) is 0. The van der Waals surface area contributed by atoms with Crippen LogP contribution in [-0.2, 0) is 26.2 Å². The van der Waals surface area contributed by atoms with Crippen molar-refractivity contribution in [1.82, 2.24) is 8.61 Å². The molecule has 0 saturated carbocycles. The molecule has 6 nitrogen and oxygen atoms in total. The molecule has 0 bridgehead atoms. The first-order chi connectivity index (χ1) is 14.4. The van der Waals surface area contributed by atoms with Gasteiger partial charge in [0.05, 0.1) is 10.5 Å². The van der Waals surface area contributed by atoms with Crippen molar-refractivity contribution in [2.24, 2.45) is 0 Å². The highest BCUT2D eigenvalue weighted by molar-refractivity contribution is 7.92. The van der Waals surface area contributed by atoms with Crippen LogP contribution in [0.25, 0.3) is 6.08 Å². The van der Waals surface area contributed by atoms with Crippen LogP contribution in [0.3, 0.4) is 0 Å². The number of hydrogen-bond acceptors (Lipinski definition) is 4. The quantitative estimate of drug-likeness (QED) is 0.635. The summed E-state index contributed by atoms with van der Waals surface area (Å²) in [6.45, 7) is -0.924. The Balaban J connectivity index is 1.77. The normalized spacial score (nSPS) is 17.3. The van der Waals surface area contributed by atoms with Crippen LogP contribution < -0.4 is 0 Å². The Bertz CT molecular complexity index is 1180. The van der Waals surface area contributed by atoms with Gasteiger partial charge in [0.25, 0.3) is 0 Å². The van der Waals surface area contributed by atoms with Gasteiger partial charge >= 0.3 is 6.18 Å². The van der Waals surface area contributed by atoms with Crippen molar-refractivity contribution in [3.05, 3.63) is 70.1 Å². The molecule has 31 heavy (non-hydrogen) atoms. The molecule has 0 atom stereocenters. The zero-order chi connectivity index (χ0) is 22.9. The number of rotatable bonds is 5. The van der Waals surface area contributed by atoms with E-state index in [2.05, 4.69) is 0 Å². The van der Waals surface area contributed by atoms with E-state index in [9.17, 15) is 30.0 Å². The summed E-state index contributed by atoms with van der Waals surface area (Å²) in [6, 6.07) is 11.2. The molecule has 0 aliphatic carbocycles. The zero-order valence-electron chi connectivity index (χ0n) is 16.0. The number of halogens is 4. The predicted octanol–water partition coefficient (Wildman–Crippen LogP) is 3.67. The molecular weight excluding hydrogens is 477 g/mol. The smallest absolute Gasteiger partial charge is 0.208 e. The molecule has 1 aliphatic heterocycles. The van der Waals surface area contributed by atoms with Gasteiger partial charge in [-0.2, -0.15) is 21.8 Å². The maximum atomic E-state index is 13.3. The summed E-state index contributed by atoms with van der Waals surface area (Å²) in [6.07, 6.45) is -3.50. The van der Waals surface area contributed by atoms with E-state index in [0.717, 1.165) is 26.2 Å². The Morgan fingerprint density at radius 1 is 0.871 bits per heavy atom. The number of piperazine rings is 1. The second-order valence-electron chi connectivity index (χ2n) is 6.70. The molecule has 2 aromatic rings. The largest absolute Gasteiger partial charge is 0.417 e. The van der Waals surface area contributed by atoms with Crippen molar-refractivity contribution in [1.29, 1.82) is 0 Å². The minimum Gasteiger partial charge on any atom is -0.208 e. The topological polar surface area (TPSA) is 74.8 Å². The maximum absolute atomic E-state index is 13.3. The van der Waals surface area contributed by atoms with Crippen molar-refractivity contribution < 1.29 is 30.0 Å². The predicted molar refractivity (Wildman–Crippen MR) is 111 cm³/mol. The lowest BCUT2D eigenvalue weighted by Gasteiger charge is -2.33. The third-order valence-corrected chi connectivity index (χ3v) is 8.41. The van der Waals surface area contributed by atoms with Gasteiger partial charge in [-0.3, -0.25) is 0 Å². The standard InChI is InChI=1S/C19H18ClF3N2O4S2/c20-16-6-7-18(17(14-16)19(21,22)23)31(28,29)25-11-9-24(10-12-25)30(26,27)13-8-15-4-2-1-3-5-15/h1-8,13-14H,9-12H2/b13-8+. The van der Waals surface area contributed by atoms with Crippen LogP contribution in [0.5, 0.6) is 0 Å². The molecule has 0 spiro atoms. The summed E-state index contributed by atoms with van der Waals surface area (Å²) in [5.74, 6) is 0. The molecule has 3 rings (SSSR count). The Morgan fingerprint density at radius 3 is 2.03 bits per heavy atom. The average Bonchev–Trinajstić information content (AvgIpc) is 2.72. The van der Waals surface area contributed by atoms with Gasteiger partial charge in [0.15, 0.2) is 0 Å². The molecule has 0 N–H and O–H groups in total. The first-order valence-electron chi connectivity index (χ1n) is 9.01. The summed E-state index contributed by atoms with van der Waals surface area (Å²) >= 11 is 5.61. The van der Waals surface area contributed by atoms with Gasteiger partial charge in [-0.25, -0.2) is 16.8 Å². The zero-order valence-corrected chi connectivity index (χ0v) is 18.3. The molecule has 1 saturated heterocycles. The third-order valence-electron chi connectivity index (χ3n) is 4.65. The first kappa shape index (κ1) is 23.7. The number of benzene rings is 2. The summed E-state index contributed by atoms with van der Waals surface area (Å²) in [5, 5.41) is 0.778. The summed E-state index contributed by atoms with van der Waals surface area (Å²) in [4.78, 5) is -0.912. The summed E-state index contributed by atoms with van der Waals surface area (Å²) in [5.41, 5.74) is -0.685. The molecular formula is C19H18ClF3N2O4S2. The van der Waals surface area contributed by atoms with Gasteiger partial charge in [0.1, 0.15) is 0 Å². The highest BCUT2D eigenvalue weighted by Crippen LogP contribution is 2.37. The van der Waals surface area contributed by atoms with Crippen LogP contribution in [0, 0.1) is 0 Å². The van der Waals surface area contributed by atoms with Crippen LogP contribution in [0.1, 0.15) is 11.1 Å². The van der Waals surface area contributed by atoms with E-state index >= 15 is 0 Å². The van der Waals surface area contributed by atoms with Crippen LogP contribution >= 0.6 is 11.6 Å². The van der Waals surface area contributed by atoms with Gasteiger partial charge in [-0.1, -0.05) is 41.9 Å². The molecule has 1 aliphatic rings. The molecule has 168 valence electrons. The van der Waals surface area contributed by atoms with Crippen LogP contribution in [0.4, 0.5) is 13.2 Å². The molecule has 1 fully saturated rings. The van der Waals surface area contributed by atoms with E-state index in [1.165, 1.54) is 6.08 Å². The highest BCUT2D eigenvalue weighted by Gasteiger charge is 2.40. The van der Waals surface area contributed by atoms with E-state index in [0.29, 0.717) is 11.6 Å². The summed E-state index contributed by atoms with van der Waals surface area (Å²) < 4.78 is 92.6. The molecule has 0 aromatic heterocycles. The van der Waals surface area contributed by atoms with Crippen molar-refractivity contribution in [2.75, 3.05) is 26.2 Å². The lowest BCUT2D eigenvalue weighted by Crippen LogP contribution is -2.50. The second-order valence-corrected chi connectivity index (χ2v) is 10.9. The minimum atomic E-state index is -4.92. The molecule has 12 heteroatoms. The summed E-state index contributed by atoms with van der Waals surface area (Å²) in [7, 11) is -8.32. The van der Waals surface area contributed by atoms with Crippen LogP contribution in [-0.4, -0.2) is 51.6 Å². The van der Waals surface area contributed by atoms with E-state index in [1.54, 1.807) is 30.3 Å². The minimum absolute atomic E-state index is 0.185. The average molecular weight is 495 g/mol. The fourth-order valence-corrected chi connectivity index (χ4v) is 6.03. The molecule has 0 radical (unpaired) electrons. The number of nitrogens with zero attached hydrogens (tertiary/aromatic N) is 2. The van der Waals surface area contributed by atoms with Gasteiger partial charge < -0.3 is 0 Å². The SMILES string of the molecule is O=S(=O)(/C=C/c1ccccc1)N1CCN(S(=O)(=O)c2ccc(Cl)cc2C(F)(F)F)CC1. The van der Waals surface area contributed by atoms with Gasteiger partial charge in [0.2, 0.25) is 20.0 Å². The van der Waals surface area contributed by atoms with Crippen molar-refractivity contribution in [2.45, 2.75) is 11.1 Å². The first-order valence-corrected chi connectivity index (χ1v) is 12.3. The molecule has 0 amide bonds. The number of alkyl halides is 3. The Kier molecular flexibility index (Phi) is 6.82. The molecule has 0 unspecified atom stereocenters. The highest BCUT2D eigenvalue weighted by atomic mass is 35.5. The molecule has 1 heterocycles. The number of sulfonamides is 2. The second kappa shape index (κ2) is 8.91. The van der Waals surface area contributed by atoms with E-state index in [4.69, 9.17) is 11.6 Å². The Hall–Kier alpha value is -1.92. The molecule has 2 aromatic carbocycles. The van der Waals surface area contributed by atoms with E-state index in [1.807, 2.05) is 0 Å². The van der Waals surface area contributed by atoms with Crippen molar-refractivity contribution in [3.63, 3.8) is 0 Å². The Labute approximate surface area is 183 Å². The lowest BCUT2D eigenvalue weighted by atomic mass is 10.2. The van der Waals surface area contributed by atoms with Gasteiger partial charge in [-0.05, 0) is 29.8 Å². The third kappa shape index (κ3) is 5.47. The fraction of sp³-hybridized carbons (Fsp3) is 0.263. The maximum Gasteiger partial charge on any atom is 0.417 e. The van der Waals surface area contributed by atoms with E-state index < -0.39 is 36.7 Å². The van der Waals surface area contributed by atoms with Gasteiger partial charge in [0, 0.05) is 36.6 Å². The van der Waals surface area contributed by atoms with Crippen molar-refractivity contribution in [3.8, 4) is 0 Å². The van der Waals surface area contributed by atoms with Crippen LogP contribution in [0.15, 0.2) is 58.8 Å². The lowest BCUT2D eigenvalue weighted by molar-refractivity contribution is -0.139. The van der Waals surface area contributed by atoms with E-state index in [-0.39, 0.29) is 31.2 Å².